The van der Waals surface area contributed by atoms with Crippen LogP contribution in [0.2, 0.25) is 0 Å². The normalized spacial score (nSPS) is 14.1. The highest BCUT2D eigenvalue weighted by Gasteiger charge is 2.16. The van der Waals surface area contributed by atoms with Crippen LogP contribution >= 0.6 is 0 Å². The van der Waals surface area contributed by atoms with Crippen molar-refractivity contribution in [3.63, 3.8) is 0 Å². The van der Waals surface area contributed by atoms with Gasteiger partial charge in [0.15, 0.2) is 0 Å². The molecule has 1 aromatic rings. The van der Waals surface area contributed by atoms with Gasteiger partial charge in [-0.1, -0.05) is 38.3 Å². The van der Waals surface area contributed by atoms with E-state index >= 15 is 0 Å². The summed E-state index contributed by atoms with van der Waals surface area (Å²) in [5, 5.41) is 27.8. The second kappa shape index (κ2) is 8.91. The molecule has 0 aliphatic heterocycles. The van der Waals surface area contributed by atoms with Crippen LogP contribution in [0.5, 0.6) is 5.75 Å². The van der Waals surface area contributed by atoms with Gasteiger partial charge in [0.25, 0.3) is 0 Å². The number of aliphatic hydroxyl groups is 3. The SMILES string of the molecule is CCCCCCOc1ccc(C(O)C(O)CO)cc1. The van der Waals surface area contributed by atoms with Crippen LogP contribution in [-0.2, 0) is 0 Å². The van der Waals surface area contributed by atoms with Crippen molar-refractivity contribution in [1.82, 2.24) is 0 Å². The first kappa shape index (κ1) is 16.0. The topological polar surface area (TPSA) is 69.9 Å². The molecule has 1 aromatic carbocycles. The first-order valence-corrected chi connectivity index (χ1v) is 6.88. The van der Waals surface area contributed by atoms with Crippen LogP contribution in [0.1, 0.15) is 44.3 Å². The predicted octanol–water partition coefficient (Wildman–Crippen LogP) is 2.03. The minimum atomic E-state index is -1.15. The number of hydrogen-bond donors (Lipinski definition) is 3. The lowest BCUT2D eigenvalue weighted by Crippen LogP contribution is -2.21. The van der Waals surface area contributed by atoms with Crippen molar-refractivity contribution in [3.05, 3.63) is 29.8 Å². The Morgan fingerprint density at radius 1 is 1.05 bits per heavy atom. The minimum absolute atomic E-state index is 0.461. The van der Waals surface area contributed by atoms with Gasteiger partial charge in [-0.05, 0) is 24.1 Å². The van der Waals surface area contributed by atoms with Crippen LogP contribution < -0.4 is 4.74 Å². The zero-order valence-electron chi connectivity index (χ0n) is 11.5. The van der Waals surface area contributed by atoms with Crippen LogP contribution in [0.15, 0.2) is 24.3 Å². The molecule has 0 radical (unpaired) electrons. The van der Waals surface area contributed by atoms with Crippen molar-refractivity contribution >= 4 is 0 Å². The number of benzene rings is 1. The second-order valence-electron chi connectivity index (χ2n) is 4.67. The molecule has 0 aromatic heterocycles. The maximum Gasteiger partial charge on any atom is 0.119 e. The lowest BCUT2D eigenvalue weighted by molar-refractivity contribution is -0.0152. The monoisotopic (exact) mass is 268 g/mol. The average molecular weight is 268 g/mol. The van der Waals surface area contributed by atoms with Gasteiger partial charge in [0.1, 0.15) is 18.0 Å². The Balaban J connectivity index is 2.39. The maximum absolute atomic E-state index is 9.70. The Hall–Kier alpha value is -1.10. The summed E-state index contributed by atoms with van der Waals surface area (Å²) in [5.41, 5.74) is 0.569. The van der Waals surface area contributed by atoms with E-state index in [-0.39, 0.29) is 0 Å². The molecule has 4 nitrogen and oxygen atoms in total. The van der Waals surface area contributed by atoms with Gasteiger partial charge in [0.05, 0.1) is 13.2 Å². The van der Waals surface area contributed by atoms with E-state index in [9.17, 15) is 10.2 Å². The van der Waals surface area contributed by atoms with Gasteiger partial charge in [-0.3, -0.25) is 0 Å². The lowest BCUT2D eigenvalue weighted by Gasteiger charge is -2.16. The van der Waals surface area contributed by atoms with Gasteiger partial charge in [-0.25, -0.2) is 0 Å². The maximum atomic E-state index is 9.70. The Morgan fingerprint density at radius 2 is 1.74 bits per heavy atom. The van der Waals surface area contributed by atoms with Crippen molar-refractivity contribution in [3.8, 4) is 5.75 Å². The third-order valence-electron chi connectivity index (χ3n) is 3.04. The molecular formula is C15H24O4. The summed E-state index contributed by atoms with van der Waals surface area (Å²) in [5.74, 6) is 0.755. The van der Waals surface area contributed by atoms with Crippen molar-refractivity contribution in [2.24, 2.45) is 0 Å². The number of rotatable bonds is 9. The molecule has 0 spiro atoms. The molecule has 0 saturated heterocycles. The highest BCUT2D eigenvalue weighted by atomic mass is 16.5. The summed E-state index contributed by atoms with van der Waals surface area (Å²) in [7, 11) is 0. The van der Waals surface area contributed by atoms with E-state index in [0.717, 1.165) is 12.2 Å². The predicted molar refractivity (Wildman–Crippen MR) is 74.1 cm³/mol. The molecule has 4 heteroatoms. The van der Waals surface area contributed by atoms with E-state index in [1.165, 1.54) is 19.3 Å². The number of unbranched alkanes of at least 4 members (excludes halogenated alkanes) is 3. The molecule has 0 fully saturated rings. The summed E-state index contributed by atoms with van der Waals surface area (Å²) in [6, 6.07) is 6.93. The fourth-order valence-electron chi connectivity index (χ4n) is 1.80. The Morgan fingerprint density at radius 3 is 2.32 bits per heavy atom. The first-order valence-electron chi connectivity index (χ1n) is 6.88. The van der Waals surface area contributed by atoms with E-state index in [2.05, 4.69) is 6.92 Å². The summed E-state index contributed by atoms with van der Waals surface area (Å²) < 4.78 is 5.58. The fourth-order valence-corrected chi connectivity index (χ4v) is 1.80. The Kier molecular flexibility index (Phi) is 7.48. The van der Waals surface area contributed by atoms with Gasteiger partial charge in [-0.2, -0.15) is 0 Å². The summed E-state index contributed by atoms with van der Waals surface area (Å²) in [4.78, 5) is 0. The first-order chi connectivity index (χ1) is 9.19. The van der Waals surface area contributed by atoms with Crippen LogP contribution in [0.3, 0.4) is 0 Å². The standard InChI is InChI=1S/C15H24O4/c1-2-3-4-5-10-19-13-8-6-12(7-9-13)15(18)14(17)11-16/h6-9,14-18H,2-5,10-11H2,1H3. The molecule has 2 unspecified atom stereocenters. The van der Waals surface area contributed by atoms with Crippen molar-refractivity contribution in [1.29, 1.82) is 0 Å². The van der Waals surface area contributed by atoms with Crippen molar-refractivity contribution in [2.75, 3.05) is 13.2 Å². The summed E-state index contributed by atoms with van der Waals surface area (Å²) in [6.07, 6.45) is 2.44. The molecule has 0 amide bonds. The zero-order valence-corrected chi connectivity index (χ0v) is 11.5. The number of ether oxygens (including phenoxy) is 1. The average Bonchev–Trinajstić information content (AvgIpc) is 2.46. The summed E-state index contributed by atoms with van der Waals surface area (Å²) in [6.45, 7) is 2.41. The lowest BCUT2D eigenvalue weighted by atomic mass is 10.1. The molecule has 3 N–H and O–H groups in total. The van der Waals surface area contributed by atoms with Gasteiger partial charge in [0, 0.05) is 0 Å². The highest BCUT2D eigenvalue weighted by molar-refractivity contribution is 5.28. The van der Waals surface area contributed by atoms with Crippen LogP contribution in [0.4, 0.5) is 0 Å². The molecule has 0 aliphatic rings. The Labute approximate surface area is 114 Å². The van der Waals surface area contributed by atoms with Crippen molar-refractivity contribution in [2.45, 2.75) is 44.8 Å². The third-order valence-corrected chi connectivity index (χ3v) is 3.04. The largest absolute Gasteiger partial charge is 0.494 e. The molecule has 0 heterocycles. The molecule has 19 heavy (non-hydrogen) atoms. The van der Waals surface area contributed by atoms with E-state index in [1.807, 2.05) is 0 Å². The Bertz CT molecular complexity index is 337. The number of hydrogen-bond acceptors (Lipinski definition) is 4. The van der Waals surface area contributed by atoms with Crippen molar-refractivity contribution < 1.29 is 20.1 Å². The van der Waals surface area contributed by atoms with Gasteiger partial charge >= 0.3 is 0 Å². The van der Waals surface area contributed by atoms with E-state index in [4.69, 9.17) is 9.84 Å². The smallest absolute Gasteiger partial charge is 0.119 e. The highest BCUT2D eigenvalue weighted by Crippen LogP contribution is 2.20. The summed E-state index contributed by atoms with van der Waals surface area (Å²) >= 11 is 0. The molecular weight excluding hydrogens is 244 g/mol. The van der Waals surface area contributed by atoms with Crippen LogP contribution in [0.25, 0.3) is 0 Å². The molecule has 0 aliphatic carbocycles. The molecule has 108 valence electrons. The van der Waals surface area contributed by atoms with Gasteiger partial charge in [-0.15, -0.1) is 0 Å². The van der Waals surface area contributed by atoms with E-state index in [0.29, 0.717) is 12.2 Å². The van der Waals surface area contributed by atoms with Crippen LogP contribution in [-0.4, -0.2) is 34.6 Å². The third kappa shape index (κ3) is 5.59. The molecule has 0 saturated carbocycles. The molecule has 1 rings (SSSR count). The second-order valence-corrected chi connectivity index (χ2v) is 4.67. The fraction of sp³-hybridized carbons (Fsp3) is 0.600. The molecule has 0 bridgehead atoms. The van der Waals surface area contributed by atoms with E-state index < -0.39 is 18.8 Å². The zero-order chi connectivity index (χ0) is 14.1. The number of aliphatic hydroxyl groups excluding tert-OH is 3. The van der Waals surface area contributed by atoms with Crippen LogP contribution in [0, 0.1) is 0 Å². The quantitative estimate of drug-likeness (QED) is 0.599. The molecule has 2 atom stereocenters. The van der Waals surface area contributed by atoms with E-state index in [1.54, 1.807) is 24.3 Å². The van der Waals surface area contributed by atoms with Gasteiger partial charge < -0.3 is 20.1 Å². The minimum Gasteiger partial charge on any atom is -0.494 e. The van der Waals surface area contributed by atoms with Gasteiger partial charge in [0.2, 0.25) is 0 Å².